The van der Waals surface area contributed by atoms with Crippen molar-refractivity contribution in [2.24, 2.45) is 0 Å². The lowest BCUT2D eigenvalue weighted by Gasteiger charge is -2.24. The molecule has 2 aromatic carbocycles. The molecule has 3 rings (SSSR count). The summed E-state index contributed by atoms with van der Waals surface area (Å²) in [4.78, 5) is 1.45. The second kappa shape index (κ2) is 5.22. The highest BCUT2D eigenvalue weighted by Gasteiger charge is 2.40. The van der Waals surface area contributed by atoms with E-state index in [1.54, 1.807) is 0 Å². The number of benzene rings is 2. The van der Waals surface area contributed by atoms with Crippen LogP contribution in [0.4, 0.5) is 0 Å². The summed E-state index contributed by atoms with van der Waals surface area (Å²) in [7, 11) is -1.61. The molecule has 0 amide bonds. The molecule has 1 aliphatic heterocycles. The van der Waals surface area contributed by atoms with Gasteiger partial charge in [-0.3, -0.25) is 4.24 Å². The number of nitrogens with zero attached hydrogens (tertiary/aromatic N) is 1. The maximum absolute atomic E-state index is 2.58. The van der Waals surface area contributed by atoms with E-state index in [-0.39, 0.29) is 0 Å². The molecule has 0 fully saturated rings. The highest BCUT2D eigenvalue weighted by Crippen LogP contribution is 2.29. The fourth-order valence-corrected chi connectivity index (χ4v) is 6.86. The normalized spacial score (nSPS) is 14.7. The van der Waals surface area contributed by atoms with Crippen molar-refractivity contribution in [1.29, 1.82) is 0 Å². The topological polar surface area (TPSA) is 3.01 Å². The Morgan fingerprint density at radius 1 is 1.00 bits per heavy atom. The summed E-state index contributed by atoms with van der Waals surface area (Å²) in [5.74, 6) is 1.06. The van der Waals surface area contributed by atoms with Crippen LogP contribution >= 0.6 is 11.8 Å². The van der Waals surface area contributed by atoms with E-state index in [9.17, 15) is 0 Å². The van der Waals surface area contributed by atoms with Gasteiger partial charge in [0.15, 0.2) is 12.1 Å². The molecule has 0 aromatic heterocycles. The molecule has 0 aliphatic carbocycles. The third-order valence-electron chi connectivity index (χ3n) is 4.08. The van der Waals surface area contributed by atoms with Gasteiger partial charge >= 0.3 is 8.24 Å². The number of aryl methyl sites for hydroxylation is 1. The smallest absolute Gasteiger partial charge is 0.297 e. The zero-order valence-electron chi connectivity index (χ0n) is 12.3. The van der Waals surface area contributed by atoms with E-state index in [0.717, 1.165) is 5.88 Å². The van der Waals surface area contributed by atoms with E-state index >= 15 is 0 Å². The second-order valence-corrected chi connectivity index (χ2v) is 11.0. The lowest BCUT2D eigenvalue weighted by Crippen LogP contribution is -2.53. The second-order valence-electron chi connectivity index (χ2n) is 5.79. The van der Waals surface area contributed by atoms with Crippen molar-refractivity contribution in [1.82, 2.24) is 0 Å². The van der Waals surface area contributed by atoms with Crippen molar-refractivity contribution in [3.8, 4) is 0 Å². The Balaban J connectivity index is 2.04. The molecule has 1 nitrogen and oxygen atoms in total. The van der Waals surface area contributed by atoms with Gasteiger partial charge in [0.05, 0.1) is 0 Å². The van der Waals surface area contributed by atoms with Crippen molar-refractivity contribution in [2.75, 3.05) is 5.88 Å². The Bertz CT molecular complexity index is 662. The van der Waals surface area contributed by atoms with Crippen LogP contribution in [0.1, 0.15) is 11.1 Å². The first-order chi connectivity index (χ1) is 9.59. The van der Waals surface area contributed by atoms with Gasteiger partial charge in [-0.05, 0) is 31.6 Å². The molecule has 0 saturated heterocycles. The predicted molar refractivity (Wildman–Crippen MR) is 90.9 cm³/mol. The van der Waals surface area contributed by atoms with Gasteiger partial charge in [0.25, 0.3) is 0 Å². The Morgan fingerprint density at radius 3 is 2.50 bits per heavy atom. The van der Waals surface area contributed by atoms with E-state index in [0.29, 0.717) is 0 Å². The van der Waals surface area contributed by atoms with Crippen LogP contribution in [0.2, 0.25) is 13.1 Å². The van der Waals surface area contributed by atoms with E-state index in [2.05, 4.69) is 79.0 Å². The fourth-order valence-electron chi connectivity index (χ4n) is 2.65. The van der Waals surface area contributed by atoms with Gasteiger partial charge in [-0.2, -0.15) is 0 Å². The summed E-state index contributed by atoms with van der Waals surface area (Å²) in [6.45, 7) is 7.06. The summed E-state index contributed by atoms with van der Waals surface area (Å²) in [5.41, 5.74) is 2.76. The molecule has 1 heterocycles. The lowest BCUT2D eigenvalue weighted by atomic mass is 10.1. The largest absolute Gasteiger partial charge is 0.385 e. The Hall–Kier alpha value is -1.32. The molecular formula is C17H20NSSi+. The van der Waals surface area contributed by atoms with Crippen LogP contribution in [0.3, 0.4) is 0 Å². The molecule has 20 heavy (non-hydrogen) atoms. The minimum Gasteiger partial charge on any atom is -0.297 e. The number of hydrogen-bond acceptors (Lipinski definition) is 1. The number of fused-ring (bicyclic) bond motifs is 1. The first kappa shape index (κ1) is 13.7. The van der Waals surface area contributed by atoms with Crippen molar-refractivity contribution in [3.63, 3.8) is 0 Å². The minimum atomic E-state index is -1.61. The van der Waals surface area contributed by atoms with Crippen molar-refractivity contribution >= 4 is 31.4 Å². The molecule has 0 radical (unpaired) electrons. The monoisotopic (exact) mass is 298 g/mol. The van der Waals surface area contributed by atoms with Crippen LogP contribution in [0.25, 0.3) is 0 Å². The summed E-state index contributed by atoms with van der Waals surface area (Å²) in [6, 6.07) is 17.5. The van der Waals surface area contributed by atoms with Gasteiger partial charge in [0.2, 0.25) is 0 Å². The molecule has 1 aliphatic rings. The maximum atomic E-state index is 2.58. The first-order valence-corrected chi connectivity index (χ1v) is 10.9. The fraction of sp³-hybridized carbons (Fsp3) is 0.235. The average Bonchev–Trinajstić information content (AvgIpc) is 2.48. The highest BCUT2D eigenvalue weighted by atomic mass is 32.2. The standard InChI is InChI=1S/C17H20NSSi/c1-14-8-7-9-15-12-18(13-19-17(14)15)20(2,3)16-10-5-4-6-11-16/h4-12H,13H2,1-3H3/q+1. The van der Waals surface area contributed by atoms with Crippen molar-refractivity contribution in [3.05, 3.63) is 59.7 Å². The minimum absolute atomic E-state index is 1.06. The van der Waals surface area contributed by atoms with Crippen LogP contribution in [0.5, 0.6) is 0 Å². The van der Waals surface area contributed by atoms with Crippen LogP contribution in [-0.2, 0) is 0 Å². The summed E-state index contributed by atoms with van der Waals surface area (Å²) < 4.78 is 2.58. The molecule has 3 heteroatoms. The van der Waals surface area contributed by atoms with E-state index in [1.165, 1.54) is 21.2 Å². The van der Waals surface area contributed by atoms with Gasteiger partial charge < -0.3 is 0 Å². The molecule has 0 unspecified atom stereocenters. The van der Waals surface area contributed by atoms with Crippen LogP contribution in [-0.4, -0.2) is 24.6 Å². The summed E-state index contributed by atoms with van der Waals surface area (Å²) >= 11 is 1.97. The first-order valence-electron chi connectivity index (χ1n) is 6.98. The third-order valence-corrected chi connectivity index (χ3v) is 9.04. The molecule has 102 valence electrons. The molecule has 0 N–H and O–H groups in total. The predicted octanol–water partition coefficient (Wildman–Crippen LogP) is 3.60. The molecular weight excluding hydrogens is 278 g/mol. The molecule has 0 atom stereocenters. The molecule has 0 saturated carbocycles. The van der Waals surface area contributed by atoms with Crippen molar-refractivity contribution < 1.29 is 4.24 Å². The zero-order valence-corrected chi connectivity index (χ0v) is 14.1. The van der Waals surface area contributed by atoms with Gasteiger partial charge in [0, 0.05) is 15.6 Å². The quantitative estimate of drug-likeness (QED) is 0.766. The van der Waals surface area contributed by atoms with Crippen LogP contribution in [0, 0.1) is 6.92 Å². The third kappa shape index (κ3) is 2.36. The summed E-state index contributed by atoms with van der Waals surface area (Å²) in [5, 5.41) is 1.49. The Morgan fingerprint density at radius 2 is 1.75 bits per heavy atom. The number of hydrogen-bond donors (Lipinski definition) is 0. The SMILES string of the molecule is Cc1cccc2c1SC[N+]([Si](C)(C)c1ccccc1)=C2. The van der Waals surface area contributed by atoms with Gasteiger partial charge in [-0.15, -0.1) is 0 Å². The van der Waals surface area contributed by atoms with E-state index < -0.39 is 8.24 Å². The Kier molecular flexibility index (Phi) is 3.57. The van der Waals surface area contributed by atoms with Gasteiger partial charge in [-0.25, -0.2) is 0 Å². The lowest BCUT2D eigenvalue weighted by molar-refractivity contribution is -0.365. The van der Waals surface area contributed by atoms with Gasteiger partial charge in [-0.1, -0.05) is 54.2 Å². The zero-order chi connectivity index (χ0) is 14.2. The van der Waals surface area contributed by atoms with E-state index in [1.807, 2.05) is 11.8 Å². The number of thioether (sulfide) groups is 1. The molecule has 0 bridgehead atoms. The van der Waals surface area contributed by atoms with Crippen LogP contribution in [0.15, 0.2) is 53.4 Å². The highest BCUT2D eigenvalue weighted by molar-refractivity contribution is 7.99. The van der Waals surface area contributed by atoms with Crippen LogP contribution < -0.4 is 5.19 Å². The summed E-state index contributed by atoms with van der Waals surface area (Å²) in [6.07, 6.45) is 2.37. The van der Waals surface area contributed by atoms with Gasteiger partial charge in [0.1, 0.15) is 0 Å². The van der Waals surface area contributed by atoms with E-state index in [4.69, 9.17) is 0 Å². The average molecular weight is 299 g/mol. The Labute approximate surface area is 126 Å². The molecule has 0 spiro atoms. The number of rotatable bonds is 2. The molecule has 2 aromatic rings. The maximum Gasteiger partial charge on any atom is 0.385 e. The van der Waals surface area contributed by atoms with Crippen molar-refractivity contribution in [2.45, 2.75) is 24.9 Å².